The van der Waals surface area contributed by atoms with Crippen LogP contribution in [-0.2, 0) is 30.7 Å². The van der Waals surface area contributed by atoms with Crippen molar-refractivity contribution in [3.63, 3.8) is 0 Å². The Labute approximate surface area is 166 Å². The molecule has 25 heavy (non-hydrogen) atoms. The van der Waals surface area contributed by atoms with E-state index >= 15 is 0 Å². The van der Waals surface area contributed by atoms with Crippen LogP contribution in [0.5, 0.6) is 0 Å². The summed E-state index contributed by atoms with van der Waals surface area (Å²) in [5.41, 5.74) is 10.3. The van der Waals surface area contributed by atoms with Crippen molar-refractivity contribution in [2.24, 2.45) is 17.4 Å². The third kappa shape index (κ3) is 21.5. The standard InChI is InChI=1S/C13H25NO4.C4H12N2.Pt/c1-3-7-14(8-4-2)9-5-6-11(13(17)18)10-12(15)16;5-3-1-2-4-6;/h11H,3-10H2,1-2H3,(H,15,16)(H,17,18);1-6H2;/q;;+2/p-2. The maximum absolute atomic E-state index is 10.7. The molecular formula is C17H35N3O4Pt. The molecule has 0 radical (unpaired) electrons. The number of carboxylic acid groups (broad SMARTS) is 2. The van der Waals surface area contributed by atoms with E-state index in [0.29, 0.717) is 12.8 Å². The SMILES string of the molecule is CCCN(CCC)CCCC(CC(=O)[O-])C(=O)[O-].NCCCCN.[Pt+2]. The first-order valence-corrected chi connectivity index (χ1v) is 8.95. The van der Waals surface area contributed by atoms with Gasteiger partial charge < -0.3 is 36.2 Å². The predicted octanol–water partition coefficient (Wildman–Crippen LogP) is -0.924. The monoisotopic (exact) mass is 540 g/mol. The number of hydrogen-bond acceptors (Lipinski definition) is 7. The van der Waals surface area contributed by atoms with Crippen molar-refractivity contribution in [3.8, 4) is 0 Å². The molecule has 0 saturated carbocycles. The van der Waals surface area contributed by atoms with E-state index < -0.39 is 24.3 Å². The first-order chi connectivity index (χ1) is 11.4. The largest absolute Gasteiger partial charge is 2.00 e. The van der Waals surface area contributed by atoms with Crippen LogP contribution in [0.25, 0.3) is 0 Å². The maximum Gasteiger partial charge on any atom is 2.00 e. The number of hydrogen-bond donors (Lipinski definition) is 2. The zero-order chi connectivity index (χ0) is 18.8. The van der Waals surface area contributed by atoms with E-state index in [1.165, 1.54) is 0 Å². The van der Waals surface area contributed by atoms with Gasteiger partial charge in [0, 0.05) is 17.9 Å². The molecule has 8 heteroatoms. The molecule has 0 heterocycles. The second-order valence-corrected chi connectivity index (χ2v) is 5.86. The average molecular weight is 541 g/mol. The van der Waals surface area contributed by atoms with E-state index in [2.05, 4.69) is 18.7 Å². The van der Waals surface area contributed by atoms with Gasteiger partial charge in [-0.3, -0.25) is 0 Å². The van der Waals surface area contributed by atoms with Gasteiger partial charge in [-0.25, -0.2) is 0 Å². The van der Waals surface area contributed by atoms with Crippen LogP contribution in [0.3, 0.4) is 0 Å². The zero-order valence-electron chi connectivity index (χ0n) is 15.6. The van der Waals surface area contributed by atoms with E-state index in [4.69, 9.17) is 11.5 Å². The summed E-state index contributed by atoms with van der Waals surface area (Å²) in [7, 11) is 0. The van der Waals surface area contributed by atoms with E-state index in [0.717, 1.165) is 58.4 Å². The van der Waals surface area contributed by atoms with Crippen molar-refractivity contribution < 1.29 is 40.9 Å². The van der Waals surface area contributed by atoms with Gasteiger partial charge in [-0.1, -0.05) is 13.8 Å². The summed E-state index contributed by atoms with van der Waals surface area (Å²) >= 11 is 0. The molecule has 0 aromatic rings. The Kier molecular flexibility index (Phi) is 25.2. The molecule has 0 saturated heterocycles. The number of rotatable bonds is 14. The van der Waals surface area contributed by atoms with Crippen LogP contribution in [0.2, 0.25) is 0 Å². The summed E-state index contributed by atoms with van der Waals surface area (Å²) in [5, 5.41) is 21.1. The van der Waals surface area contributed by atoms with Crippen molar-refractivity contribution in [3.05, 3.63) is 0 Å². The third-order valence-electron chi connectivity index (χ3n) is 3.51. The minimum atomic E-state index is -1.33. The minimum absolute atomic E-state index is 0. The third-order valence-corrected chi connectivity index (χ3v) is 3.51. The van der Waals surface area contributed by atoms with Gasteiger partial charge in [-0.2, -0.15) is 0 Å². The Hall–Kier alpha value is -0.492. The second kappa shape index (κ2) is 21.6. The molecule has 0 fully saturated rings. The molecule has 0 aliphatic rings. The fourth-order valence-corrected chi connectivity index (χ4v) is 2.32. The van der Waals surface area contributed by atoms with E-state index in [-0.39, 0.29) is 21.1 Å². The first-order valence-electron chi connectivity index (χ1n) is 8.95. The van der Waals surface area contributed by atoms with E-state index in [1.807, 2.05) is 0 Å². The smallest absolute Gasteiger partial charge is 0.550 e. The summed E-state index contributed by atoms with van der Waals surface area (Å²) in [6.45, 7) is 8.53. The van der Waals surface area contributed by atoms with Crippen LogP contribution in [0.1, 0.15) is 58.8 Å². The molecule has 0 aromatic carbocycles. The van der Waals surface area contributed by atoms with Crippen LogP contribution in [-0.4, -0.2) is 49.6 Å². The van der Waals surface area contributed by atoms with Gasteiger partial charge in [0.2, 0.25) is 0 Å². The number of carbonyl (C=O) groups is 2. The molecule has 0 amide bonds. The van der Waals surface area contributed by atoms with Crippen LogP contribution < -0.4 is 21.7 Å². The Balaban J connectivity index is -0.000000592. The Morgan fingerprint density at radius 1 is 0.920 bits per heavy atom. The van der Waals surface area contributed by atoms with Crippen molar-refractivity contribution in [2.45, 2.75) is 58.8 Å². The number of nitrogens with two attached hydrogens (primary N) is 2. The van der Waals surface area contributed by atoms with Gasteiger partial charge in [0.1, 0.15) is 0 Å². The molecule has 0 rings (SSSR count). The summed E-state index contributed by atoms with van der Waals surface area (Å²) in [6, 6.07) is 0. The number of nitrogens with zero attached hydrogens (tertiary/aromatic N) is 1. The van der Waals surface area contributed by atoms with E-state index in [9.17, 15) is 19.8 Å². The minimum Gasteiger partial charge on any atom is -0.550 e. The molecule has 0 aromatic heterocycles. The van der Waals surface area contributed by atoms with Gasteiger partial charge >= 0.3 is 21.1 Å². The number of carbonyl (C=O) groups excluding carboxylic acids is 2. The van der Waals surface area contributed by atoms with Gasteiger partial charge in [0.15, 0.2) is 0 Å². The molecule has 4 N–H and O–H groups in total. The molecule has 1 unspecified atom stereocenters. The molecule has 0 spiro atoms. The normalized spacial score (nSPS) is 11.2. The number of aliphatic carboxylic acids is 2. The topological polar surface area (TPSA) is 136 Å². The fraction of sp³-hybridized carbons (Fsp3) is 0.882. The van der Waals surface area contributed by atoms with Crippen molar-refractivity contribution in [1.82, 2.24) is 4.90 Å². The number of carboxylic acids is 2. The van der Waals surface area contributed by atoms with Gasteiger partial charge in [0.05, 0.1) is 0 Å². The Morgan fingerprint density at radius 3 is 1.72 bits per heavy atom. The van der Waals surface area contributed by atoms with E-state index in [1.54, 1.807) is 0 Å². The Bertz CT molecular complexity index is 310. The molecule has 1 atom stereocenters. The quantitative estimate of drug-likeness (QED) is 0.272. The average Bonchev–Trinajstić information content (AvgIpc) is 2.52. The predicted molar refractivity (Wildman–Crippen MR) is 91.7 cm³/mol. The molecular weight excluding hydrogens is 505 g/mol. The van der Waals surface area contributed by atoms with Crippen LogP contribution >= 0.6 is 0 Å². The molecule has 7 nitrogen and oxygen atoms in total. The Morgan fingerprint density at radius 2 is 1.40 bits per heavy atom. The van der Waals surface area contributed by atoms with Crippen LogP contribution in [0.15, 0.2) is 0 Å². The summed E-state index contributed by atoms with van der Waals surface area (Å²) < 4.78 is 0. The summed E-state index contributed by atoms with van der Waals surface area (Å²) in [6.07, 6.45) is 4.80. The van der Waals surface area contributed by atoms with Crippen molar-refractivity contribution in [1.29, 1.82) is 0 Å². The van der Waals surface area contributed by atoms with Gasteiger partial charge in [-0.05, 0) is 77.7 Å². The summed E-state index contributed by atoms with van der Waals surface area (Å²) in [4.78, 5) is 23.4. The van der Waals surface area contributed by atoms with Gasteiger partial charge in [0.25, 0.3) is 0 Å². The number of unbranched alkanes of at least 4 members (excludes halogenated alkanes) is 1. The van der Waals surface area contributed by atoms with Crippen molar-refractivity contribution >= 4 is 11.9 Å². The van der Waals surface area contributed by atoms with Crippen LogP contribution in [0, 0.1) is 5.92 Å². The van der Waals surface area contributed by atoms with Gasteiger partial charge in [-0.15, -0.1) is 0 Å². The zero-order valence-corrected chi connectivity index (χ0v) is 17.9. The fourth-order valence-electron chi connectivity index (χ4n) is 2.32. The van der Waals surface area contributed by atoms with Crippen molar-refractivity contribution in [2.75, 3.05) is 32.7 Å². The van der Waals surface area contributed by atoms with Crippen LogP contribution in [0.4, 0.5) is 0 Å². The first kappa shape index (κ1) is 29.3. The summed E-state index contributed by atoms with van der Waals surface area (Å²) in [5.74, 6) is -3.56. The molecule has 152 valence electrons. The maximum atomic E-state index is 10.7. The molecule has 0 aliphatic carbocycles. The molecule has 0 bridgehead atoms. The second-order valence-electron chi connectivity index (χ2n) is 5.86. The molecule has 0 aliphatic heterocycles.